The minimum Gasteiger partial charge on any atom is -0.321 e. The number of carbonyl (C=O) groups excluding carboxylic acids is 3. The Kier molecular flexibility index (Phi) is 2.66. The van der Waals surface area contributed by atoms with Crippen LogP contribution in [-0.4, -0.2) is 28.7 Å². The first-order valence-corrected chi connectivity index (χ1v) is 6.76. The van der Waals surface area contributed by atoms with Gasteiger partial charge in [-0.3, -0.25) is 19.7 Å². The van der Waals surface area contributed by atoms with E-state index in [9.17, 15) is 14.4 Å². The molecule has 0 bridgehead atoms. The Morgan fingerprint density at radius 1 is 1.33 bits per heavy atom. The molecule has 3 heterocycles. The molecule has 5 nitrogen and oxygen atoms in total. The van der Waals surface area contributed by atoms with Crippen molar-refractivity contribution in [2.24, 2.45) is 0 Å². The van der Waals surface area contributed by atoms with Crippen LogP contribution >= 0.6 is 11.3 Å². The van der Waals surface area contributed by atoms with E-state index in [4.69, 9.17) is 0 Å². The molecule has 0 unspecified atom stereocenters. The highest BCUT2D eigenvalue weighted by atomic mass is 32.1. The predicted molar refractivity (Wildman–Crippen MR) is 65.0 cm³/mol. The fraction of sp³-hybridized carbons (Fsp3) is 0.417. The SMILES string of the molecule is O=C1CCC[C@@H](N2Cc3sccc3C2=O)C(=O)N1. The van der Waals surface area contributed by atoms with Crippen LogP contribution < -0.4 is 5.32 Å². The van der Waals surface area contributed by atoms with Gasteiger partial charge in [0.15, 0.2) is 0 Å². The topological polar surface area (TPSA) is 66.5 Å². The van der Waals surface area contributed by atoms with E-state index in [1.807, 2.05) is 5.38 Å². The standard InChI is InChI=1S/C12H12N2O3S/c15-10-3-1-2-8(11(16)13-10)14-6-9-7(12(14)17)4-5-18-9/h4-5,8H,1-3,6H2,(H,13,15,16)/t8-/m1/s1. The van der Waals surface area contributed by atoms with Crippen LogP contribution in [0.1, 0.15) is 34.5 Å². The van der Waals surface area contributed by atoms with Gasteiger partial charge < -0.3 is 4.90 Å². The van der Waals surface area contributed by atoms with Crippen molar-refractivity contribution in [3.8, 4) is 0 Å². The van der Waals surface area contributed by atoms with Crippen molar-refractivity contribution in [2.45, 2.75) is 31.8 Å². The van der Waals surface area contributed by atoms with Crippen molar-refractivity contribution < 1.29 is 14.4 Å². The zero-order chi connectivity index (χ0) is 12.7. The van der Waals surface area contributed by atoms with Gasteiger partial charge in [0.25, 0.3) is 5.91 Å². The van der Waals surface area contributed by atoms with Crippen molar-refractivity contribution in [3.05, 3.63) is 21.9 Å². The number of rotatable bonds is 1. The smallest absolute Gasteiger partial charge is 0.256 e. The van der Waals surface area contributed by atoms with Crippen LogP contribution in [-0.2, 0) is 16.1 Å². The Morgan fingerprint density at radius 2 is 2.17 bits per heavy atom. The molecule has 6 heteroatoms. The van der Waals surface area contributed by atoms with Gasteiger partial charge in [0.2, 0.25) is 11.8 Å². The highest BCUT2D eigenvalue weighted by molar-refractivity contribution is 7.10. The molecule has 1 aromatic rings. The van der Waals surface area contributed by atoms with E-state index < -0.39 is 6.04 Å². The van der Waals surface area contributed by atoms with E-state index in [1.54, 1.807) is 11.0 Å². The number of fused-ring (bicyclic) bond motifs is 1. The third-order valence-electron chi connectivity index (χ3n) is 3.37. The minimum atomic E-state index is -0.511. The second-order valence-corrected chi connectivity index (χ2v) is 5.51. The number of hydrogen-bond acceptors (Lipinski definition) is 4. The highest BCUT2D eigenvalue weighted by Crippen LogP contribution is 2.30. The Bertz CT molecular complexity index is 537. The molecule has 1 atom stereocenters. The lowest BCUT2D eigenvalue weighted by Crippen LogP contribution is -2.46. The fourth-order valence-corrected chi connectivity index (χ4v) is 3.32. The van der Waals surface area contributed by atoms with Gasteiger partial charge in [-0.2, -0.15) is 0 Å². The molecule has 1 fully saturated rings. The molecule has 3 rings (SSSR count). The normalized spacial score (nSPS) is 23.9. The monoisotopic (exact) mass is 264 g/mol. The first-order chi connectivity index (χ1) is 8.66. The second kappa shape index (κ2) is 4.20. The molecular formula is C12H12N2O3S. The van der Waals surface area contributed by atoms with Gasteiger partial charge >= 0.3 is 0 Å². The second-order valence-electron chi connectivity index (χ2n) is 4.51. The molecule has 0 spiro atoms. The largest absolute Gasteiger partial charge is 0.321 e. The molecule has 0 saturated carbocycles. The summed E-state index contributed by atoms with van der Waals surface area (Å²) in [6, 6.07) is 1.28. The maximum Gasteiger partial charge on any atom is 0.256 e. The summed E-state index contributed by atoms with van der Waals surface area (Å²) in [5, 5.41) is 4.23. The average Bonchev–Trinajstić information content (AvgIpc) is 2.84. The maximum absolute atomic E-state index is 12.2. The van der Waals surface area contributed by atoms with Crippen LogP contribution in [0.4, 0.5) is 0 Å². The predicted octanol–water partition coefficient (Wildman–Crippen LogP) is 0.899. The van der Waals surface area contributed by atoms with E-state index in [1.165, 1.54) is 11.3 Å². The molecular weight excluding hydrogens is 252 g/mol. The summed E-state index contributed by atoms with van der Waals surface area (Å²) in [7, 11) is 0. The van der Waals surface area contributed by atoms with Gasteiger partial charge in [-0.05, 0) is 24.3 Å². The van der Waals surface area contributed by atoms with Gasteiger partial charge in [0.1, 0.15) is 6.04 Å². The van der Waals surface area contributed by atoms with Gasteiger partial charge in [-0.25, -0.2) is 0 Å². The number of carbonyl (C=O) groups is 3. The summed E-state index contributed by atoms with van der Waals surface area (Å²) in [5.41, 5.74) is 0.698. The van der Waals surface area contributed by atoms with Crippen LogP contribution in [0, 0.1) is 0 Å². The zero-order valence-corrected chi connectivity index (χ0v) is 10.5. The molecule has 1 aromatic heterocycles. The number of imide groups is 1. The summed E-state index contributed by atoms with van der Waals surface area (Å²) in [5.74, 6) is -0.689. The number of hydrogen-bond donors (Lipinski definition) is 1. The van der Waals surface area contributed by atoms with E-state index >= 15 is 0 Å². The fourth-order valence-electron chi connectivity index (χ4n) is 2.45. The van der Waals surface area contributed by atoms with Gasteiger partial charge in [-0.1, -0.05) is 0 Å². The van der Waals surface area contributed by atoms with Crippen molar-refractivity contribution in [3.63, 3.8) is 0 Å². The Hall–Kier alpha value is -1.69. The lowest BCUT2D eigenvalue weighted by molar-refractivity contribution is -0.132. The van der Waals surface area contributed by atoms with Crippen LogP contribution in [0.5, 0.6) is 0 Å². The highest BCUT2D eigenvalue weighted by Gasteiger charge is 2.38. The van der Waals surface area contributed by atoms with E-state index in [-0.39, 0.29) is 17.7 Å². The van der Waals surface area contributed by atoms with Gasteiger partial charge in [0, 0.05) is 11.3 Å². The lowest BCUT2D eigenvalue weighted by Gasteiger charge is -2.24. The van der Waals surface area contributed by atoms with Crippen LogP contribution in [0.15, 0.2) is 11.4 Å². The lowest BCUT2D eigenvalue weighted by atomic mass is 10.1. The maximum atomic E-state index is 12.2. The summed E-state index contributed by atoms with van der Waals surface area (Å²) in [6.45, 7) is 0.484. The van der Waals surface area contributed by atoms with Crippen molar-refractivity contribution in [2.75, 3.05) is 0 Å². The molecule has 0 radical (unpaired) electrons. The Morgan fingerprint density at radius 3 is 2.94 bits per heavy atom. The van der Waals surface area contributed by atoms with Crippen molar-refractivity contribution in [1.29, 1.82) is 0 Å². The van der Waals surface area contributed by atoms with Crippen LogP contribution in [0.25, 0.3) is 0 Å². The summed E-state index contributed by atoms with van der Waals surface area (Å²) >= 11 is 1.53. The molecule has 2 aliphatic rings. The number of thiophene rings is 1. The summed E-state index contributed by atoms with van der Waals surface area (Å²) < 4.78 is 0. The summed E-state index contributed by atoms with van der Waals surface area (Å²) in [6.07, 6.45) is 1.55. The number of amides is 3. The average molecular weight is 264 g/mol. The molecule has 18 heavy (non-hydrogen) atoms. The van der Waals surface area contributed by atoms with Crippen molar-refractivity contribution >= 4 is 29.1 Å². The van der Waals surface area contributed by atoms with Crippen molar-refractivity contribution in [1.82, 2.24) is 10.2 Å². The van der Waals surface area contributed by atoms with E-state index in [0.29, 0.717) is 31.4 Å². The minimum absolute atomic E-state index is 0.0965. The third-order valence-corrected chi connectivity index (χ3v) is 4.28. The molecule has 2 aliphatic heterocycles. The van der Waals surface area contributed by atoms with E-state index in [0.717, 1.165) is 4.88 Å². The van der Waals surface area contributed by atoms with Gasteiger partial charge in [-0.15, -0.1) is 11.3 Å². The Labute approximate surface area is 108 Å². The number of nitrogens with one attached hydrogen (secondary N) is 1. The van der Waals surface area contributed by atoms with Crippen LogP contribution in [0.3, 0.4) is 0 Å². The summed E-state index contributed by atoms with van der Waals surface area (Å²) in [4.78, 5) is 37.9. The first kappa shape index (κ1) is 11.4. The first-order valence-electron chi connectivity index (χ1n) is 5.88. The number of nitrogens with zero attached hydrogens (tertiary/aromatic N) is 1. The molecule has 0 aliphatic carbocycles. The van der Waals surface area contributed by atoms with Gasteiger partial charge in [0.05, 0.1) is 12.1 Å². The quantitative estimate of drug-likeness (QED) is 0.766. The molecule has 1 saturated heterocycles. The molecule has 1 N–H and O–H groups in total. The zero-order valence-electron chi connectivity index (χ0n) is 9.64. The van der Waals surface area contributed by atoms with E-state index in [2.05, 4.69) is 5.32 Å². The third kappa shape index (κ3) is 1.73. The molecule has 94 valence electrons. The molecule has 3 amide bonds. The Balaban J connectivity index is 1.84. The van der Waals surface area contributed by atoms with Crippen LogP contribution in [0.2, 0.25) is 0 Å². The molecule has 0 aromatic carbocycles.